The van der Waals surface area contributed by atoms with Crippen LogP contribution in [0.25, 0.3) is 0 Å². The lowest BCUT2D eigenvalue weighted by atomic mass is 10.00. The maximum Gasteiger partial charge on any atom is 0.0398 e. The van der Waals surface area contributed by atoms with Crippen molar-refractivity contribution < 1.29 is 0 Å². The smallest absolute Gasteiger partial charge is 0.0398 e. The van der Waals surface area contributed by atoms with Crippen molar-refractivity contribution in [3.63, 3.8) is 0 Å². The van der Waals surface area contributed by atoms with Gasteiger partial charge in [-0.3, -0.25) is 0 Å². The summed E-state index contributed by atoms with van der Waals surface area (Å²) in [7, 11) is 0. The highest BCUT2D eigenvalue weighted by molar-refractivity contribution is 5.36. The zero-order chi connectivity index (χ0) is 16.9. The highest BCUT2D eigenvalue weighted by Gasteiger charge is 2.25. The van der Waals surface area contributed by atoms with Gasteiger partial charge in [-0.2, -0.15) is 0 Å². The van der Waals surface area contributed by atoms with Crippen molar-refractivity contribution in [3.05, 3.63) is 35.6 Å². The Morgan fingerprint density at radius 3 is 2.17 bits per heavy atom. The van der Waals surface area contributed by atoms with Gasteiger partial charge in [0.05, 0.1) is 0 Å². The monoisotopic (exact) mass is 317 g/mol. The van der Waals surface area contributed by atoms with E-state index in [9.17, 15) is 0 Å². The van der Waals surface area contributed by atoms with Crippen molar-refractivity contribution in [1.82, 2.24) is 4.90 Å². The Labute approximate surface area is 145 Å². The third kappa shape index (κ3) is 6.97. The molecule has 0 aliphatic carbocycles. The van der Waals surface area contributed by atoms with Crippen LogP contribution in [0.5, 0.6) is 0 Å². The summed E-state index contributed by atoms with van der Waals surface area (Å²) in [4.78, 5) is 2.71. The molecule has 0 spiro atoms. The molecule has 0 N–H and O–H groups in total. The summed E-state index contributed by atoms with van der Waals surface area (Å²) in [5.74, 6) is 0. The minimum absolute atomic E-state index is 0.741. The van der Waals surface area contributed by atoms with E-state index in [1.165, 1.54) is 82.0 Å². The van der Waals surface area contributed by atoms with E-state index in [1.807, 2.05) is 0 Å². The van der Waals surface area contributed by atoms with Crippen molar-refractivity contribution in [2.24, 2.45) is 0 Å². The molecule has 1 rings (SSSR count). The summed E-state index contributed by atoms with van der Waals surface area (Å²) in [6.45, 7) is 10.1. The van der Waals surface area contributed by atoms with Crippen molar-refractivity contribution in [3.8, 4) is 0 Å². The number of nitrogens with zero attached hydrogens (tertiary/aromatic N) is 1. The molecule has 23 heavy (non-hydrogen) atoms. The molecule has 0 saturated heterocycles. The minimum atomic E-state index is 0.741. The van der Waals surface area contributed by atoms with Gasteiger partial charge in [0, 0.05) is 18.3 Å². The van der Waals surface area contributed by atoms with Gasteiger partial charge in [0.25, 0.3) is 0 Å². The SMILES string of the molecule is C/C=C\C1=C(/C=C\C)N(C(CCCC)CCCCCCC)CC1. The van der Waals surface area contributed by atoms with Crippen LogP contribution in [0.15, 0.2) is 35.6 Å². The van der Waals surface area contributed by atoms with Gasteiger partial charge in [-0.05, 0) is 44.8 Å². The second-order valence-electron chi connectivity index (χ2n) is 6.85. The van der Waals surface area contributed by atoms with E-state index in [2.05, 4.69) is 56.9 Å². The molecular weight excluding hydrogens is 278 g/mol. The third-order valence-electron chi connectivity index (χ3n) is 4.93. The molecule has 0 aromatic carbocycles. The van der Waals surface area contributed by atoms with Crippen LogP contribution in [0, 0.1) is 0 Å². The summed E-state index contributed by atoms with van der Waals surface area (Å²) in [6, 6.07) is 0.741. The molecule has 1 unspecified atom stereocenters. The van der Waals surface area contributed by atoms with Gasteiger partial charge in [-0.15, -0.1) is 0 Å². The fraction of sp³-hybridized carbons (Fsp3) is 0.727. The molecule has 0 radical (unpaired) electrons. The molecule has 1 atom stereocenters. The number of rotatable bonds is 12. The molecule has 0 aromatic heterocycles. The van der Waals surface area contributed by atoms with E-state index in [0.717, 1.165) is 6.04 Å². The quantitative estimate of drug-likeness (QED) is 0.350. The Hall–Kier alpha value is -0.980. The molecule has 1 heteroatoms. The zero-order valence-electron chi connectivity index (χ0n) is 16.1. The lowest BCUT2D eigenvalue weighted by Gasteiger charge is -2.31. The molecule has 0 bridgehead atoms. The van der Waals surface area contributed by atoms with Crippen LogP contribution in [0.3, 0.4) is 0 Å². The summed E-state index contributed by atoms with van der Waals surface area (Å²) in [5.41, 5.74) is 3.01. The van der Waals surface area contributed by atoms with Crippen LogP contribution in [0.4, 0.5) is 0 Å². The van der Waals surface area contributed by atoms with E-state index in [1.54, 1.807) is 0 Å². The number of hydrogen-bond acceptors (Lipinski definition) is 1. The maximum atomic E-state index is 2.71. The highest BCUT2D eigenvalue weighted by atomic mass is 15.2. The highest BCUT2D eigenvalue weighted by Crippen LogP contribution is 2.31. The van der Waals surface area contributed by atoms with E-state index < -0.39 is 0 Å². The van der Waals surface area contributed by atoms with Crippen molar-refractivity contribution in [2.45, 2.75) is 97.9 Å². The maximum absolute atomic E-state index is 2.71. The first-order chi connectivity index (χ1) is 11.3. The molecule has 0 aromatic rings. The van der Waals surface area contributed by atoms with E-state index in [0.29, 0.717) is 0 Å². The normalized spacial score (nSPS) is 17.1. The lowest BCUT2D eigenvalue weighted by Crippen LogP contribution is -2.32. The Kier molecular flexibility index (Phi) is 10.9. The average molecular weight is 318 g/mol. The first kappa shape index (κ1) is 20.1. The van der Waals surface area contributed by atoms with Crippen molar-refractivity contribution in [1.29, 1.82) is 0 Å². The summed E-state index contributed by atoms with van der Waals surface area (Å²) in [6.07, 6.45) is 22.6. The second kappa shape index (κ2) is 12.4. The largest absolute Gasteiger partial charge is 0.368 e. The van der Waals surface area contributed by atoms with Crippen LogP contribution in [-0.2, 0) is 0 Å². The molecule has 1 heterocycles. The molecule has 1 aliphatic heterocycles. The van der Waals surface area contributed by atoms with E-state index in [-0.39, 0.29) is 0 Å². The van der Waals surface area contributed by atoms with Gasteiger partial charge in [0.1, 0.15) is 0 Å². The molecule has 0 saturated carbocycles. The van der Waals surface area contributed by atoms with Crippen LogP contribution in [0.1, 0.15) is 91.9 Å². The minimum Gasteiger partial charge on any atom is -0.368 e. The number of hydrogen-bond donors (Lipinski definition) is 0. The molecule has 0 amide bonds. The predicted molar refractivity (Wildman–Crippen MR) is 105 cm³/mol. The Morgan fingerprint density at radius 2 is 1.52 bits per heavy atom. The lowest BCUT2D eigenvalue weighted by molar-refractivity contribution is 0.243. The topological polar surface area (TPSA) is 3.24 Å². The molecule has 1 aliphatic rings. The predicted octanol–water partition coefficient (Wildman–Crippen LogP) is 7.02. The number of allylic oxidation sites excluding steroid dienone is 4. The van der Waals surface area contributed by atoms with Crippen molar-refractivity contribution in [2.75, 3.05) is 6.54 Å². The molecule has 132 valence electrons. The molecule has 0 fully saturated rings. The Balaban J connectivity index is 2.71. The van der Waals surface area contributed by atoms with Crippen LogP contribution in [-0.4, -0.2) is 17.5 Å². The van der Waals surface area contributed by atoms with Gasteiger partial charge in [-0.1, -0.05) is 77.0 Å². The summed E-state index contributed by atoms with van der Waals surface area (Å²) in [5, 5.41) is 0. The number of unbranched alkanes of at least 4 members (excludes halogenated alkanes) is 5. The van der Waals surface area contributed by atoms with Crippen molar-refractivity contribution >= 4 is 0 Å². The van der Waals surface area contributed by atoms with Gasteiger partial charge in [0.2, 0.25) is 0 Å². The summed E-state index contributed by atoms with van der Waals surface area (Å²) >= 11 is 0. The van der Waals surface area contributed by atoms with Crippen LogP contribution in [0.2, 0.25) is 0 Å². The molecule has 1 nitrogen and oxygen atoms in total. The van der Waals surface area contributed by atoms with Crippen LogP contribution < -0.4 is 0 Å². The van der Waals surface area contributed by atoms with Gasteiger partial charge >= 0.3 is 0 Å². The first-order valence-corrected chi connectivity index (χ1v) is 10.0. The first-order valence-electron chi connectivity index (χ1n) is 10.0. The van der Waals surface area contributed by atoms with E-state index in [4.69, 9.17) is 0 Å². The van der Waals surface area contributed by atoms with Crippen LogP contribution >= 0.6 is 0 Å². The fourth-order valence-corrected chi connectivity index (χ4v) is 3.66. The van der Waals surface area contributed by atoms with Gasteiger partial charge in [0.15, 0.2) is 0 Å². The summed E-state index contributed by atoms with van der Waals surface area (Å²) < 4.78 is 0. The fourth-order valence-electron chi connectivity index (χ4n) is 3.66. The van der Waals surface area contributed by atoms with Gasteiger partial charge < -0.3 is 4.90 Å². The molecular formula is C22H39N. The van der Waals surface area contributed by atoms with E-state index >= 15 is 0 Å². The third-order valence-corrected chi connectivity index (χ3v) is 4.93. The Morgan fingerprint density at radius 1 is 0.870 bits per heavy atom. The van der Waals surface area contributed by atoms with Gasteiger partial charge in [-0.25, -0.2) is 0 Å². The average Bonchev–Trinajstić information content (AvgIpc) is 2.94. The second-order valence-corrected chi connectivity index (χ2v) is 6.85. The zero-order valence-corrected chi connectivity index (χ0v) is 16.1. The Bertz CT molecular complexity index is 389. The standard InChI is InChI=1S/C22H39N/c1-5-9-11-12-13-17-21(16-10-6-2)23-19-18-20(14-7-3)22(23)15-8-4/h7-8,14-15,21H,5-6,9-13,16-19H2,1-4H3/b14-7-,15-8-.